The molecule has 3 fully saturated rings. The number of aromatic nitrogens is 3. The largest absolute Gasteiger partial charge is 0.495 e. The zero-order chi connectivity index (χ0) is 32.9. The van der Waals surface area contributed by atoms with Crippen LogP contribution in [0.25, 0.3) is 10.9 Å². The maximum absolute atomic E-state index is 12.7. The molecule has 5 heterocycles. The predicted molar refractivity (Wildman–Crippen MR) is 178 cm³/mol. The van der Waals surface area contributed by atoms with Gasteiger partial charge in [0.1, 0.15) is 11.9 Å². The zero-order valence-corrected chi connectivity index (χ0v) is 29.1. The second-order valence-electron chi connectivity index (χ2n) is 15.0. The molecule has 12 heteroatoms. The number of hydrogen-bond donors (Lipinski definition) is 0. The fourth-order valence-corrected chi connectivity index (χ4v) is 6.91. The SMILES string of the molecule is CC(C)(C)OC(=O)N1CCC[C@@H](c2coc(CCCc3c(Cl)cc4c(cnn4C4CCCCO4)c3B3OC(C)(C)C(C)(C)O3)n2)C1. The molecule has 3 aromatic rings. The predicted octanol–water partition coefficient (Wildman–Crippen LogP) is 6.97. The van der Waals surface area contributed by atoms with Crippen LogP contribution in [0.2, 0.25) is 5.02 Å². The van der Waals surface area contributed by atoms with Crippen molar-refractivity contribution in [2.75, 3.05) is 19.7 Å². The summed E-state index contributed by atoms with van der Waals surface area (Å²) in [5.74, 6) is 0.802. The van der Waals surface area contributed by atoms with Crippen LogP contribution in [0, 0.1) is 0 Å². The lowest BCUT2D eigenvalue weighted by Gasteiger charge is -2.33. The topological polar surface area (TPSA) is 101 Å². The van der Waals surface area contributed by atoms with Gasteiger partial charge in [0.25, 0.3) is 0 Å². The third-order valence-corrected chi connectivity index (χ3v) is 10.1. The van der Waals surface area contributed by atoms with E-state index < -0.39 is 23.9 Å². The number of ether oxygens (including phenoxy) is 2. The van der Waals surface area contributed by atoms with E-state index in [1.165, 1.54) is 0 Å². The Morgan fingerprint density at radius 3 is 2.57 bits per heavy atom. The molecule has 0 spiro atoms. The molecule has 3 aliphatic heterocycles. The lowest BCUT2D eigenvalue weighted by Crippen LogP contribution is -2.42. The number of benzene rings is 1. The molecule has 0 N–H and O–H groups in total. The Morgan fingerprint density at radius 2 is 1.87 bits per heavy atom. The molecule has 1 unspecified atom stereocenters. The molecule has 1 aromatic carbocycles. The minimum atomic E-state index is -0.585. The second kappa shape index (κ2) is 12.8. The first-order valence-corrected chi connectivity index (χ1v) is 17.2. The molecule has 2 atom stereocenters. The molecule has 10 nitrogen and oxygen atoms in total. The number of oxazole rings is 1. The number of likely N-dealkylation sites (tertiary alicyclic amines) is 1. The van der Waals surface area contributed by atoms with Crippen molar-refractivity contribution >= 4 is 41.2 Å². The highest BCUT2D eigenvalue weighted by atomic mass is 35.5. The van der Waals surface area contributed by atoms with Crippen LogP contribution in [0.3, 0.4) is 0 Å². The van der Waals surface area contributed by atoms with Gasteiger partial charge in [-0.05, 0) is 111 Å². The summed E-state index contributed by atoms with van der Waals surface area (Å²) in [6.45, 7) is 15.9. The number of carbonyl (C=O) groups excluding carboxylic acids is 1. The molecule has 2 aromatic heterocycles. The lowest BCUT2D eigenvalue weighted by molar-refractivity contribution is -0.0366. The Kier molecular flexibility index (Phi) is 9.26. The molecule has 0 radical (unpaired) electrons. The summed E-state index contributed by atoms with van der Waals surface area (Å²) in [4.78, 5) is 19.3. The van der Waals surface area contributed by atoms with Crippen molar-refractivity contribution in [3.05, 3.63) is 40.7 Å². The second-order valence-corrected chi connectivity index (χ2v) is 15.4. The van der Waals surface area contributed by atoms with E-state index in [9.17, 15) is 4.79 Å². The van der Waals surface area contributed by atoms with Crippen molar-refractivity contribution in [3.63, 3.8) is 0 Å². The standard InChI is InChI=1S/C34H48BClN4O6/c1-32(2,3)44-31(41)39-16-11-12-22(20-39)26-21-43-28(38-26)14-10-13-23-25(36)18-27-24(19-37-40(27)29-15-8-9-17-42-29)30(23)35-45-33(4,5)34(6,7)46-35/h18-19,21-22,29H,8-17,20H2,1-7H3/t22-,29?/m1/s1. The Hall–Kier alpha value is -2.60. The Morgan fingerprint density at radius 1 is 1.11 bits per heavy atom. The van der Waals surface area contributed by atoms with E-state index in [1.807, 2.05) is 37.7 Å². The molecule has 0 saturated carbocycles. The third kappa shape index (κ3) is 6.84. The van der Waals surface area contributed by atoms with E-state index in [0.29, 0.717) is 36.8 Å². The fraction of sp³-hybridized carbons (Fsp3) is 0.676. The van der Waals surface area contributed by atoms with Gasteiger partial charge < -0.3 is 28.1 Å². The first-order chi connectivity index (χ1) is 21.7. The summed E-state index contributed by atoms with van der Waals surface area (Å²) in [7, 11) is -0.585. The summed E-state index contributed by atoms with van der Waals surface area (Å²) in [6, 6.07) is 2.01. The van der Waals surface area contributed by atoms with Gasteiger partial charge in [-0.15, -0.1) is 0 Å². The van der Waals surface area contributed by atoms with Crippen molar-refractivity contribution in [2.24, 2.45) is 0 Å². The van der Waals surface area contributed by atoms with Gasteiger partial charge in [-0.2, -0.15) is 5.10 Å². The average Bonchev–Trinajstić information content (AvgIpc) is 3.68. The number of nitrogens with zero attached hydrogens (tertiary/aromatic N) is 4. The number of hydrogen-bond acceptors (Lipinski definition) is 8. The Labute approximate surface area is 277 Å². The first-order valence-electron chi connectivity index (χ1n) is 16.8. The highest BCUT2D eigenvalue weighted by Gasteiger charge is 2.53. The van der Waals surface area contributed by atoms with E-state index in [1.54, 1.807) is 11.2 Å². The number of rotatable bonds is 7. The maximum Gasteiger partial charge on any atom is 0.495 e. The van der Waals surface area contributed by atoms with Crippen LogP contribution in [0.4, 0.5) is 4.79 Å². The Bertz CT molecular complexity index is 1540. The number of carbonyl (C=O) groups is 1. The van der Waals surface area contributed by atoms with Crippen LogP contribution >= 0.6 is 11.6 Å². The minimum Gasteiger partial charge on any atom is -0.449 e. The van der Waals surface area contributed by atoms with Gasteiger partial charge in [0.15, 0.2) is 12.1 Å². The van der Waals surface area contributed by atoms with Gasteiger partial charge in [-0.3, -0.25) is 0 Å². The van der Waals surface area contributed by atoms with E-state index in [-0.39, 0.29) is 18.2 Å². The molecule has 1 amide bonds. The molecule has 6 rings (SSSR count). The fourth-order valence-electron chi connectivity index (χ4n) is 6.61. The van der Waals surface area contributed by atoms with Crippen LogP contribution < -0.4 is 5.46 Å². The van der Waals surface area contributed by atoms with Gasteiger partial charge in [0, 0.05) is 42.4 Å². The summed E-state index contributed by atoms with van der Waals surface area (Å²) in [5, 5.41) is 6.41. The van der Waals surface area contributed by atoms with Gasteiger partial charge in [-0.25, -0.2) is 14.5 Å². The van der Waals surface area contributed by atoms with E-state index >= 15 is 0 Å². The lowest BCUT2D eigenvalue weighted by atomic mass is 9.73. The van der Waals surface area contributed by atoms with Gasteiger partial charge in [0.2, 0.25) is 0 Å². The summed E-state index contributed by atoms with van der Waals surface area (Å²) in [6.07, 6.45) is 10.3. The van der Waals surface area contributed by atoms with Gasteiger partial charge >= 0.3 is 13.2 Å². The Balaban J connectivity index is 1.20. The van der Waals surface area contributed by atoms with E-state index in [0.717, 1.165) is 72.8 Å². The average molecular weight is 655 g/mol. The van der Waals surface area contributed by atoms with E-state index in [2.05, 4.69) is 27.7 Å². The molecule has 3 saturated heterocycles. The minimum absolute atomic E-state index is 0.112. The molecule has 46 heavy (non-hydrogen) atoms. The molecule has 3 aliphatic rings. The number of halogens is 1. The smallest absolute Gasteiger partial charge is 0.449 e. The highest BCUT2D eigenvalue weighted by Crippen LogP contribution is 2.39. The van der Waals surface area contributed by atoms with Crippen LogP contribution in [-0.4, -0.2) is 69.4 Å². The molecule has 0 aliphatic carbocycles. The number of amides is 1. The van der Waals surface area contributed by atoms with Crippen LogP contribution in [0.5, 0.6) is 0 Å². The normalized spacial score (nSPS) is 23.3. The summed E-state index contributed by atoms with van der Waals surface area (Å²) < 4.78 is 32.7. The third-order valence-electron chi connectivity index (χ3n) is 9.80. The highest BCUT2D eigenvalue weighted by molar-refractivity contribution is 6.66. The summed E-state index contributed by atoms with van der Waals surface area (Å²) >= 11 is 7.09. The monoisotopic (exact) mass is 654 g/mol. The van der Waals surface area contributed by atoms with Crippen molar-refractivity contribution in [1.29, 1.82) is 0 Å². The van der Waals surface area contributed by atoms with Gasteiger partial charge in [0.05, 0.1) is 28.6 Å². The molecular weight excluding hydrogens is 607 g/mol. The molecule has 0 bridgehead atoms. The van der Waals surface area contributed by atoms with Crippen molar-refractivity contribution < 1.29 is 28.0 Å². The van der Waals surface area contributed by atoms with Crippen LogP contribution in [0.1, 0.15) is 116 Å². The zero-order valence-electron chi connectivity index (χ0n) is 28.4. The molecule has 250 valence electrons. The van der Waals surface area contributed by atoms with Gasteiger partial charge in [-0.1, -0.05) is 11.6 Å². The number of fused-ring (bicyclic) bond motifs is 1. The van der Waals surface area contributed by atoms with E-state index in [4.69, 9.17) is 44.9 Å². The number of piperidine rings is 1. The molecular formula is C34H48BClN4O6. The van der Waals surface area contributed by atoms with Crippen molar-refractivity contribution in [2.45, 2.75) is 129 Å². The number of aryl methyl sites for hydroxylation is 1. The van der Waals surface area contributed by atoms with Crippen molar-refractivity contribution in [1.82, 2.24) is 19.7 Å². The maximum atomic E-state index is 12.7. The van der Waals surface area contributed by atoms with Crippen LogP contribution in [-0.2, 0) is 31.6 Å². The quantitative estimate of drug-likeness (QED) is 0.252. The first kappa shape index (κ1) is 33.3. The van der Waals surface area contributed by atoms with Crippen LogP contribution in [0.15, 0.2) is 22.9 Å². The van der Waals surface area contributed by atoms with Crippen molar-refractivity contribution in [3.8, 4) is 0 Å². The summed E-state index contributed by atoms with van der Waals surface area (Å²) in [5.41, 5.74) is 2.21.